The molecule has 1 atom stereocenters. The Morgan fingerprint density at radius 1 is 0.367 bits per heavy atom. The van der Waals surface area contributed by atoms with Gasteiger partial charge >= 0.3 is 11.9 Å². The largest absolute Gasteiger partial charge is 0.462 e. The predicted octanol–water partition coefficient (Wildman–Crippen LogP) is 15.8. The highest BCUT2D eigenvalue weighted by Gasteiger charge is 2.17. The van der Waals surface area contributed by atoms with Crippen molar-refractivity contribution in [3.8, 4) is 0 Å². The van der Waals surface area contributed by atoms with Crippen LogP contribution in [-0.4, -0.2) is 37.9 Å². The highest BCUT2D eigenvalue weighted by atomic mass is 16.6. The molecule has 334 valence electrons. The molecular weight excluding hydrogens is 741 g/mol. The van der Waals surface area contributed by atoms with Gasteiger partial charge in [0.15, 0.2) is 6.10 Å². The molecule has 0 aliphatic heterocycles. The minimum absolute atomic E-state index is 0.0112. The molecule has 0 radical (unpaired) electrons. The molecule has 0 N–H and O–H groups in total. The van der Waals surface area contributed by atoms with E-state index in [-0.39, 0.29) is 25.2 Å². The van der Waals surface area contributed by atoms with Crippen molar-refractivity contribution in [1.82, 2.24) is 0 Å². The molecule has 5 heteroatoms. The lowest BCUT2D eigenvalue weighted by atomic mass is 10.1. The van der Waals surface area contributed by atoms with Crippen LogP contribution in [0.5, 0.6) is 0 Å². The molecule has 1 unspecified atom stereocenters. The lowest BCUT2D eigenvalue weighted by molar-refractivity contribution is -0.162. The topological polar surface area (TPSA) is 61.8 Å². The molecule has 0 heterocycles. The molecule has 0 amide bonds. The Morgan fingerprint density at radius 3 is 1.13 bits per heavy atom. The van der Waals surface area contributed by atoms with Crippen LogP contribution in [0.3, 0.4) is 0 Å². The maximum Gasteiger partial charge on any atom is 0.306 e. The Labute approximate surface area is 368 Å². The second kappa shape index (κ2) is 49.1. The van der Waals surface area contributed by atoms with Crippen LogP contribution >= 0.6 is 0 Å². The van der Waals surface area contributed by atoms with Crippen LogP contribution < -0.4 is 0 Å². The fourth-order valence-corrected chi connectivity index (χ4v) is 5.50. The Bertz CT molecular complexity index is 1350. The van der Waals surface area contributed by atoms with Crippen LogP contribution in [0.4, 0.5) is 0 Å². The average Bonchev–Trinajstić information content (AvgIpc) is 3.25. The van der Waals surface area contributed by atoms with Crippen LogP contribution in [0.2, 0.25) is 0 Å². The number of carbonyl (C=O) groups is 2. The standard InChI is InChI=1S/C55H84O5/c1-4-7-10-13-16-19-22-25-27-28-29-31-33-36-39-42-45-48-54(56)59-52-53(51-58-50-47-44-41-38-35-32-26-23-20-17-14-11-8-5-2)60-55(57)49-46-43-40-37-34-30-24-21-18-15-12-9-6-3/h7-12,16-21,25-27,29-32,34,36,38-39,41,53H,4-6,13-15,22-24,28,33,35,37,40,42-52H2,1-3H3/b10-7-,11-8-,12-9-,19-16-,20-17-,21-18-,27-25-,31-29-,32-26-,34-30-,39-36-,41-38-. The Hall–Kier alpha value is -4.22. The van der Waals surface area contributed by atoms with Crippen molar-refractivity contribution in [2.24, 2.45) is 0 Å². The second-order valence-corrected chi connectivity index (χ2v) is 14.5. The highest BCUT2D eigenvalue weighted by molar-refractivity contribution is 5.70. The van der Waals surface area contributed by atoms with Crippen LogP contribution in [0.15, 0.2) is 146 Å². The maximum atomic E-state index is 12.7. The van der Waals surface area contributed by atoms with Gasteiger partial charge in [0.1, 0.15) is 6.61 Å². The van der Waals surface area contributed by atoms with Gasteiger partial charge in [-0.2, -0.15) is 0 Å². The molecule has 0 fully saturated rings. The normalized spacial score (nSPS) is 13.6. The van der Waals surface area contributed by atoms with Crippen LogP contribution in [0, 0.1) is 0 Å². The number of allylic oxidation sites excluding steroid dienone is 24. The summed E-state index contributed by atoms with van der Waals surface area (Å²) in [6, 6.07) is 0. The zero-order valence-electron chi connectivity index (χ0n) is 38.2. The molecule has 0 rings (SSSR count). The van der Waals surface area contributed by atoms with Crippen molar-refractivity contribution in [2.75, 3.05) is 19.8 Å². The van der Waals surface area contributed by atoms with Gasteiger partial charge < -0.3 is 14.2 Å². The molecule has 0 bridgehead atoms. The van der Waals surface area contributed by atoms with Gasteiger partial charge in [-0.1, -0.05) is 173 Å². The van der Waals surface area contributed by atoms with E-state index in [1.807, 2.05) is 0 Å². The summed E-state index contributed by atoms with van der Waals surface area (Å²) in [5.41, 5.74) is 0. The van der Waals surface area contributed by atoms with Crippen LogP contribution in [0.25, 0.3) is 0 Å². The Morgan fingerprint density at radius 2 is 0.717 bits per heavy atom. The third kappa shape index (κ3) is 46.5. The fraction of sp³-hybridized carbons (Fsp3) is 0.527. The first-order valence-corrected chi connectivity index (χ1v) is 23.4. The summed E-state index contributed by atoms with van der Waals surface area (Å²) in [4.78, 5) is 25.3. The van der Waals surface area contributed by atoms with E-state index in [4.69, 9.17) is 14.2 Å². The highest BCUT2D eigenvalue weighted by Crippen LogP contribution is 2.09. The smallest absolute Gasteiger partial charge is 0.306 e. The molecule has 60 heavy (non-hydrogen) atoms. The van der Waals surface area contributed by atoms with Crippen molar-refractivity contribution in [3.63, 3.8) is 0 Å². The van der Waals surface area contributed by atoms with E-state index in [2.05, 4.69) is 167 Å². The lowest BCUT2D eigenvalue weighted by Gasteiger charge is -2.18. The number of carbonyl (C=O) groups excluding carboxylic acids is 2. The maximum absolute atomic E-state index is 12.7. The summed E-state index contributed by atoms with van der Waals surface area (Å²) in [7, 11) is 0. The van der Waals surface area contributed by atoms with E-state index in [1.165, 1.54) is 0 Å². The molecule has 0 saturated heterocycles. The first kappa shape index (κ1) is 55.8. The third-order valence-corrected chi connectivity index (χ3v) is 8.85. The van der Waals surface area contributed by atoms with Gasteiger partial charge in [0.25, 0.3) is 0 Å². The third-order valence-electron chi connectivity index (χ3n) is 8.85. The van der Waals surface area contributed by atoms with Gasteiger partial charge in [-0.15, -0.1) is 0 Å². The molecule has 0 aliphatic carbocycles. The van der Waals surface area contributed by atoms with E-state index < -0.39 is 6.10 Å². The minimum Gasteiger partial charge on any atom is -0.462 e. The number of rotatable bonds is 40. The first-order chi connectivity index (χ1) is 29.6. The van der Waals surface area contributed by atoms with Crippen molar-refractivity contribution in [3.05, 3.63) is 146 Å². The number of esters is 2. The lowest BCUT2D eigenvalue weighted by Crippen LogP contribution is -2.30. The number of ether oxygens (including phenoxy) is 3. The van der Waals surface area contributed by atoms with Crippen molar-refractivity contribution < 1.29 is 23.8 Å². The molecule has 0 aromatic carbocycles. The van der Waals surface area contributed by atoms with Gasteiger partial charge in [-0.05, 0) is 122 Å². The van der Waals surface area contributed by atoms with E-state index in [0.717, 1.165) is 122 Å². The summed E-state index contributed by atoms with van der Waals surface area (Å²) >= 11 is 0. The summed E-state index contributed by atoms with van der Waals surface area (Å²) in [5.74, 6) is -0.546. The van der Waals surface area contributed by atoms with E-state index in [0.29, 0.717) is 25.9 Å². The summed E-state index contributed by atoms with van der Waals surface area (Å²) < 4.78 is 17.2. The van der Waals surface area contributed by atoms with Crippen molar-refractivity contribution in [1.29, 1.82) is 0 Å². The second-order valence-electron chi connectivity index (χ2n) is 14.5. The molecule has 0 saturated carbocycles. The molecule has 0 aromatic rings. The molecular formula is C55H84O5. The van der Waals surface area contributed by atoms with E-state index >= 15 is 0 Å². The number of hydrogen-bond acceptors (Lipinski definition) is 5. The average molecular weight is 825 g/mol. The molecule has 0 spiro atoms. The SMILES string of the molecule is CC/C=C\C/C=C\C/C=C\C/C=C\C/C=C\CCCC(=O)OCC(COCCC/C=C\C/C=C\C/C=C\C/C=C\CC)OC(=O)CCCCC/C=C\C/C=C\C/C=C\CC. The minimum atomic E-state index is -0.613. The zero-order chi connectivity index (χ0) is 43.5. The van der Waals surface area contributed by atoms with Gasteiger partial charge in [-0.3, -0.25) is 9.59 Å². The quantitative estimate of drug-likeness (QED) is 0.0350. The van der Waals surface area contributed by atoms with Crippen molar-refractivity contribution >= 4 is 11.9 Å². The Balaban J connectivity index is 4.53. The predicted molar refractivity (Wildman–Crippen MR) is 260 cm³/mol. The van der Waals surface area contributed by atoms with Crippen molar-refractivity contribution in [2.45, 2.75) is 168 Å². The summed E-state index contributed by atoms with van der Waals surface area (Å²) in [5, 5.41) is 0. The van der Waals surface area contributed by atoms with Crippen LogP contribution in [0.1, 0.15) is 162 Å². The van der Waals surface area contributed by atoms with Gasteiger partial charge in [0, 0.05) is 19.4 Å². The summed E-state index contributed by atoms with van der Waals surface area (Å²) in [6.45, 7) is 7.21. The zero-order valence-corrected chi connectivity index (χ0v) is 38.2. The molecule has 5 nitrogen and oxygen atoms in total. The van der Waals surface area contributed by atoms with Gasteiger partial charge in [0.05, 0.1) is 6.61 Å². The molecule has 0 aliphatic rings. The van der Waals surface area contributed by atoms with Gasteiger partial charge in [-0.25, -0.2) is 0 Å². The first-order valence-electron chi connectivity index (χ1n) is 23.4. The number of hydrogen-bond donors (Lipinski definition) is 0. The van der Waals surface area contributed by atoms with E-state index in [9.17, 15) is 9.59 Å². The van der Waals surface area contributed by atoms with Gasteiger partial charge in [0.2, 0.25) is 0 Å². The van der Waals surface area contributed by atoms with E-state index in [1.54, 1.807) is 0 Å². The summed E-state index contributed by atoms with van der Waals surface area (Å²) in [6.07, 6.45) is 71.5. The fourth-order valence-electron chi connectivity index (χ4n) is 5.50. The Kier molecular flexibility index (Phi) is 45.7. The monoisotopic (exact) mass is 825 g/mol. The molecule has 0 aromatic heterocycles. The number of unbranched alkanes of at least 4 members (excludes halogenated alkanes) is 5. The van der Waals surface area contributed by atoms with Crippen LogP contribution in [-0.2, 0) is 23.8 Å².